The van der Waals surface area contributed by atoms with Crippen molar-refractivity contribution in [1.82, 2.24) is 10.1 Å². The third-order valence-corrected chi connectivity index (χ3v) is 3.13. The number of carbonyl (C=O) groups excluding carboxylic acids is 1. The molecule has 110 valence electrons. The molecule has 2 N–H and O–H groups in total. The number of hydrogen-bond acceptors (Lipinski definition) is 5. The van der Waals surface area contributed by atoms with Crippen molar-refractivity contribution in [2.75, 3.05) is 5.32 Å². The topological polar surface area (TPSA) is 105 Å². The molecule has 2 aromatic rings. The molecule has 0 saturated heterocycles. The van der Waals surface area contributed by atoms with Gasteiger partial charge in [0, 0.05) is 12.6 Å². The molecule has 0 atom stereocenters. The monoisotopic (exact) mass is 289 g/mol. The fourth-order valence-electron chi connectivity index (χ4n) is 1.67. The summed E-state index contributed by atoms with van der Waals surface area (Å²) in [6.45, 7) is 4.82. The average Bonchev–Trinajstić information content (AvgIpc) is 2.86. The molecule has 21 heavy (non-hydrogen) atoms. The molecule has 1 amide bonds. The molecule has 1 aromatic heterocycles. The Morgan fingerprint density at radius 1 is 1.24 bits per heavy atom. The van der Waals surface area contributed by atoms with Gasteiger partial charge in [0.15, 0.2) is 0 Å². The Morgan fingerprint density at radius 2 is 1.86 bits per heavy atom. The lowest BCUT2D eigenvalue weighted by molar-refractivity contribution is -0.142. The second kappa shape index (κ2) is 5.35. The molecule has 2 rings (SSSR count). The van der Waals surface area contributed by atoms with Crippen LogP contribution in [0.2, 0.25) is 0 Å². The molecule has 0 radical (unpaired) electrons. The first-order valence-electron chi connectivity index (χ1n) is 6.26. The van der Waals surface area contributed by atoms with Gasteiger partial charge in [-0.3, -0.25) is 9.59 Å². The molecule has 0 bridgehead atoms. The van der Waals surface area contributed by atoms with Crippen LogP contribution in [0.3, 0.4) is 0 Å². The van der Waals surface area contributed by atoms with Gasteiger partial charge in [0.25, 0.3) is 11.7 Å². The lowest BCUT2D eigenvalue weighted by Crippen LogP contribution is -2.28. The fraction of sp³-hybridized carbons (Fsp3) is 0.286. The Bertz CT molecular complexity index is 674. The summed E-state index contributed by atoms with van der Waals surface area (Å²) in [6, 6.07) is 6.58. The lowest BCUT2D eigenvalue weighted by atomic mass is 9.85. The highest BCUT2D eigenvalue weighted by Gasteiger charge is 2.29. The first kappa shape index (κ1) is 14.7. The predicted octanol–water partition coefficient (Wildman–Crippen LogP) is 1.99. The maximum atomic E-state index is 11.8. The summed E-state index contributed by atoms with van der Waals surface area (Å²) in [4.78, 5) is 26.8. The van der Waals surface area contributed by atoms with Gasteiger partial charge in [-0.2, -0.15) is 4.98 Å². The number of amides is 1. The van der Waals surface area contributed by atoms with Crippen molar-refractivity contribution in [3.63, 3.8) is 0 Å². The summed E-state index contributed by atoms with van der Waals surface area (Å²) in [5, 5.41) is 15.3. The van der Waals surface area contributed by atoms with Gasteiger partial charge in [-0.25, -0.2) is 0 Å². The number of aliphatic carboxylic acids is 1. The van der Waals surface area contributed by atoms with E-state index in [-0.39, 0.29) is 5.82 Å². The summed E-state index contributed by atoms with van der Waals surface area (Å²) in [6.07, 6.45) is 0. The standard InChI is InChI=1S/C14H15N3O4/c1-8-15-11(17-21-8)12(18)16-10-6-4-9(5-7-10)14(2,3)13(19)20/h4-7H,1-3H3,(H,16,18)(H,19,20). The molecular formula is C14H15N3O4. The molecule has 0 aliphatic carbocycles. The zero-order chi connectivity index (χ0) is 15.6. The minimum absolute atomic E-state index is 0.0533. The van der Waals surface area contributed by atoms with E-state index in [0.717, 1.165) is 0 Å². The molecule has 0 spiro atoms. The van der Waals surface area contributed by atoms with E-state index < -0.39 is 17.3 Å². The number of anilines is 1. The van der Waals surface area contributed by atoms with Crippen LogP contribution in [0.1, 0.15) is 35.9 Å². The van der Waals surface area contributed by atoms with Crippen molar-refractivity contribution in [3.05, 3.63) is 41.5 Å². The van der Waals surface area contributed by atoms with Crippen LogP contribution in [-0.4, -0.2) is 27.1 Å². The first-order chi connectivity index (χ1) is 9.80. The van der Waals surface area contributed by atoms with Gasteiger partial charge in [0.2, 0.25) is 5.89 Å². The Morgan fingerprint density at radius 3 is 2.33 bits per heavy atom. The normalized spacial score (nSPS) is 11.2. The SMILES string of the molecule is Cc1nc(C(=O)Nc2ccc(C(C)(C)C(=O)O)cc2)no1. The van der Waals surface area contributed by atoms with Gasteiger partial charge in [0.05, 0.1) is 5.41 Å². The van der Waals surface area contributed by atoms with Crippen LogP contribution >= 0.6 is 0 Å². The largest absolute Gasteiger partial charge is 0.481 e. The van der Waals surface area contributed by atoms with Gasteiger partial charge in [-0.1, -0.05) is 17.3 Å². The zero-order valence-corrected chi connectivity index (χ0v) is 11.9. The molecule has 1 aromatic carbocycles. The van der Waals surface area contributed by atoms with Gasteiger partial charge in [-0.05, 0) is 31.5 Å². The van der Waals surface area contributed by atoms with Crippen LogP contribution < -0.4 is 5.32 Å². The van der Waals surface area contributed by atoms with Crippen molar-refractivity contribution < 1.29 is 19.2 Å². The highest BCUT2D eigenvalue weighted by Crippen LogP contribution is 2.24. The van der Waals surface area contributed by atoms with E-state index in [1.807, 2.05) is 0 Å². The summed E-state index contributed by atoms with van der Waals surface area (Å²) < 4.78 is 4.73. The minimum atomic E-state index is -0.993. The van der Waals surface area contributed by atoms with E-state index in [4.69, 9.17) is 9.63 Å². The Hall–Kier alpha value is -2.70. The summed E-state index contributed by atoms with van der Waals surface area (Å²) in [5.74, 6) is -1.15. The molecule has 0 saturated carbocycles. The number of aryl methyl sites for hydroxylation is 1. The van der Waals surface area contributed by atoms with E-state index in [1.54, 1.807) is 45.0 Å². The Kier molecular flexibility index (Phi) is 3.75. The van der Waals surface area contributed by atoms with E-state index in [2.05, 4.69) is 15.5 Å². The number of benzene rings is 1. The number of carboxylic acid groups (broad SMARTS) is 1. The fourth-order valence-corrected chi connectivity index (χ4v) is 1.67. The van der Waals surface area contributed by atoms with Crippen molar-refractivity contribution >= 4 is 17.6 Å². The number of rotatable bonds is 4. The second-order valence-corrected chi connectivity index (χ2v) is 5.10. The van der Waals surface area contributed by atoms with E-state index >= 15 is 0 Å². The van der Waals surface area contributed by atoms with Crippen LogP contribution in [-0.2, 0) is 10.2 Å². The van der Waals surface area contributed by atoms with Crippen LogP contribution in [0.15, 0.2) is 28.8 Å². The molecule has 0 aliphatic heterocycles. The predicted molar refractivity (Wildman–Crippen MR) is 74.1 cm³/mol. The molecule has 0 unspecified atom stereocenters. The number of hydrogen-bond donors (Lipinski definition) is 2. The van der Waals surface area contributed by atoms with E-state index in [9.17, 15) is 9.59 Å². The zero-order valence-electron chi connectivity index (χ0n) is 11.9. The highest BCUT2D eigenvalue weighted by atomic mass is 16.5. The van der Waals surface area contributed by atoms with Crippen LogP contribution in [0.5, 0.6) is 0 Å². The Labute approximate surface area is 121 Å². The van der Waals surface area contributed by atoms with Crippen molar-refractivity contribution in [3.8, 4) is 0 Å². The van der Waals surface area contributed by atoms with Crippen LogP contribution in [0, 0.1) is 6.92 Å². The van der Waals surface area contributed by atoms with Crippen LogP contribution in [0.4, 0.5) is 5.69 Å². The number of nitrogens with zero attached hydrogens (tertiary/aromatic N) is 2. The van der Waals surface area contributed by atoms with Crippen molar-refractivity contribution in [2.45, 2.75) is 26.2 Å². The summed E-state index contributed by atoms with van der Waals surface area (Å²) >= 11 is 0. The van der Waals surface area contributed by atoms with Gasteiger partial charge >= 0.3 is 5.97 Å². The summed E-state index contributed by atoms with van der Waals surface area (Å²) in [7, 11) is 0. The third-order valence-electron chi connectivity index (χ3n) is 3.13. The molecule has 7 nitrogen and oxygen atoms in total. The number of carbonyl (C=O) groups is 2. The number of aromatic nitrogens is 2. The second-order valence-electron chi connectivity index (χ2n) is 5.10. The smallest absolute Gasteiger partial charge is 0.313 e. The van der Waals surface area contributed by atoms with E-state index in [0.29, 0.717) is 17.1 Å². The maximum absolute atomic E-state index is 11.8. The highest BCUT2D eigenvalue weighted by molar-refractivity contribution is 6.01. The minimum Gasteiger partial charge on any atom is -0.481 e. The van der Waals surface area contributed by atoms with Gasteiger partial charge in [-0.15, -0.1) is 0 Å². The summed E-state index contributed by atoms with van der Waals surface area (Å²) in [5.41, 5.74) is 0.170. The first-order valence-corrected chi connectivity index (χ1v) is 6.26. The lowest BCUT2D eigenvalue weighted by Gasteiger charge is -2.19. The maximum Gasteiger partial charge on any atom is 0.313 e. The molecule has 0 fully saturated rings. The van der Waals surface area contributed by atoms with Gasteiger partial charge < -0.3 is 14.9 Å². The average molecular weight is 289 g/mol. The van der Waals surface area contributed by atoms with Crippen molar-refractivity contribution in [2.24, 2.45) is 0 Å². The van der Waals surface area contributed by atoms with Crippen LogP contribution in [0.25, 0.3) is 0 Å². The molecule has 1 heterocycles. The van der Waals surface area contributed by atoms with E-state index in [1.165, 1.54) is 0 Å². The quantitative estimate of drug-likeness (QED) is 0.891. The molecule has 7 heteroatoms. The number of nitrogens with one attached hydrogen (secondary N) is 1. The Balaban J connectivity index is 2.13. The molecular weight excluding hydrogens is 274 g/mol. The molecule has 0 aliphatic rings. The van der Waals surface area contributed by atoms with Crippen molar-refractivity contribution in [1.29, 1.82) is 0 Å². The number of carboxylic acids is 1. The van der Waals surface area contributed by atoms with Gasteiger partial charge in [0.1, 0.15) is 0 Å². The third kappa shape index (κ3) is 3.07.